The van der Waals surface area contributed by atoms with Crippen LogP contribution in [-0.4, -0.2) is 56.7 Å². The third kappa shape index (κ3) is 4.67. The molecule has 5 heterocycles. The Kier molecular flexibility index (Phi) is 6.30. The van der Waals surface area contributed by atoms with Crippen LogP contribution in [0.25, 0.3) is 17.0 Å². The van der Waals surface area contributed by atoms with Crippen LogP contribution in [-0.2, 0) is 4.79 Å². The molecule has 9 heteroatoms. The number of aromatic nitrogens is 4. The van der Waals surface area contributed by atoms with Gasteiger partial charge in [0.25, 0.3) is 0 Å². The van der Waals surface area contributed by atoms with E-state index < -0.39 is 6.61 Å². The summed E-state index contributed by atoms with van der Waals surface area (Å²) in [5.74, 6) is 1.58. The summed E-state index contributed by atoms with van der Waals surface area (Å²) in [5.41, 5.74) is 3.26. The van der Waals surface area contributed by atoms with Crippen LogP contribution in [0.5, 0.6) is 0 Å². The first-order chi connectivity index (χ1) is 18.1. The van der Waals surface area contributed by atoms with E-state index in [4.69, 9.17) is 15.2 Å². The molecule has 2 fully saturated rings. The molecule has 190 valence electrons. The summed E-state index contributed by atoms with van der Waals surface area (Å²) in [6.07, 6.45) is 5.06. The van der Waals surface area contributed by atoms with Crippen LogP contribution in [0.4, 0.5) is 16.0 Å². The number of hydrogen-bond donors (Lipinski definition) is 1. The molecule has 0 spiro atoms. The summed E-state index contributed by atoms with van der Waals surface area (Å²) in [7, 11) is 0. The Morgan fingerprint density at radius 3 is 2.81 bits per heavy atom. The Labute approximate surface area is 214 Å². The third-order valence-electron chi connectivity index (χ3n) is 7.43. The van der Waals surface area contributed by atoms with Crippen molar-refractivity contribution in [2.45, 2.75) is 31.7 Å². The lowest BCUT2D eigenvalue weighted by molar-refractivity contribution is -0.122. The van der Waals surface area contributed by atoms with Gasteiger partial charge < -0.3 is 14.9 Å². The third-order valence-corrected chi connectivity index (χ3v) is 7.43. The molecule has 37 heavy (non-hydrogen) atoms. The Bertz CT molecular complexity index is 1440. The SMILES string of the molecule is O=C(CO)C[C@@H]1CCN(c2cccc(-c3cnc4ccc(N5CCC[C@@H]5c5cccc(F)c5)nn34)n2)C1. The van der Waals surface area contributed by atoms with E-state index in [0.29, 0.717) is 6.42 Å². The van der Waals surface area contributed by atoms with Gasteiger partial charge in [-0.3, -0.25) is 4.79 Å². The number of fused-ring (bicyclic) bond motifs is 1. The van der Waals surface area contributed by atoms with Gasteiger partial charge in [0.05, 0.1) is 17.9 Å². The fourth-order valence-corrected chi connectivity index (χ4v) is 5.63. The molecule has 2 aliphatic heterocycles. The number of nitrogens with zero attached hydrogens (tertiary/aromatic N) is 6. The van der Waals surface area contributed by atoms with Gasteiger partial charge in [-0.15, -0.1) is 5.10 Å². The molecule has 1 aromatic carbocycles. The number of hydrogen-bond acceptors (Lipinski definition) is 7. The number of aliphatic hydroxyl groups excluding tert-OH is 1. The van der Waals surface area contributed by atoms with Crippen LogP contribution in [0.3, 0.4) is 0 Å². The highest BCUT2D eigenvalue weighted by Crippen LogP contribution is 2.36. The Morgan fingerprint density at radius 2 is 1.95 bits per heavy atom. The molecule has 2 atom stereocenters. The first kappa shape index (κ1) is 23.5. The van der Waals surface area contributed by atoms with Crippen LogP contribution < -0.4 is 9.80 Å². The van der Waals surface area contributed by atoms with Gasteiger partial charge in [-0.2, -0.15) is 0 Å². The normalized spacial score (nSPS) is 19.7. The number of anilines is 2. The van der Waals surface area contributed by atoms with E-state index in [1.165, 1.54) is 6.07 Å². The highest BCUT2D eigenvalue weighted by Gasteiger charge is 2.28. The maximum Gasteiger partial charge on any atom is 0.158 e. The number of aliphatic hydroxyl groups is 1. The van der Waals surface area contributed by atoms with Gasteiger partial charge in [-0.1, -0.05) is 18.2 Å². The average molecular weight is 501 g/mol. The average Bonchev–Trinajstić information content (AvgIpc) is 3.68. The topological polar surface area (TPSA) is 86.9 Å². The summed E-state index contributed by atoms with van der Waals surface area (Å²) in [5, 5.41) is 14.0. The molecule has 0 amide bonds. The van der Waals surface area contributed by atoms with Gasteiger partial charge >= 0.3 is 0 Å². The zero-order valence-corrected chi connectivity index (χ0v) is 20.5. The molecule has 0 aliphatic carbocycles. The molecule has 0 radical (unpaired) electrons. The van der Waals surface area contributed by atoms with Crippen LogP contribution in [0.1, 0.15) is 37.3 Å². The second-order valence-corrected chi connectivity index (χ2v) is 9.89. The zero-order valence-electron chi connectivity index (χ0n) is 20.5. The van der Waals surface area contributed by atoms with Gasteiger partial charge in [0.2, 0.25) is 0 Å². The second kappa shape index (κ2) is 9.89. The van der Waals surface area contributed by atoms with Crippen molar-refractivity contribution >= 4 is 23.1 Å². The molecule has 3 aromatic heterocycles. The van der Waals surface area contributed by atoms with Gasteiger partial charge in [0.15, 0.2) is 11.4 Å². The molecule has 0 saturated carbocycles. The van der Waals surface area contributed by atoms with E-state index in [2.05, 4.69) is 14.8 Å². The van der Waals surface area contributed by atoms with E-state index in [1.54, 1.807) is 18.3 Å². The number of rotatable bonds is 7. The summed E-state index contributed by atoms with van der Waals surface area (Å²) < 4.78 is 15.7. The smallest absolute Gasteiger partial charge is 0.158 e. The molecule has 6 rings (SSSR count). The molecule has 0 unspecified atom stereocenters. The molecule has 8 nitrogen and oxygen atoms in total. The van der Waals surface area contributed by atoms with Crippen molar-refractivity contribution in [3.8, 4) is 11.4 Å². The Hall–Kier alpha value is -3.85. The lowest BCUT2D eigenvalue weighted by atomic mass is 10.0. The number of imidazole rings is 1. The van der Waals surface area contributed by atoms with Gasteiger partial charge in [0.1, 0.15) is 29.8 Å². The minimum atomic E-state index is -0.395. The van der Waals surface area contributed by atoms with Gasteiger partial charge in [0, 0.05) is 26.1 Å². The van der Waals surface area contributed by atoms with E-state index in [9.17, 15) is 9.18 Å². The van der Waals surface area contributed by atoms with E-state index in [0.717, 1.165) is 73.1 Å². The Morgan fingerprint density at radius 1 is 1.05 bits per heavy atom. The molecule has 2 aliphatic rings. The number of ketones is 1. The molecule has 2 saturated heterocycles. The second-order valence-electron chi connectivity index (χ2n) is 9.89. The van der Waals surface area contributed by atoms with Crippen molar-refractivity contribution in [3.05, 3.63) is 72.2 Å². The molecule has 1 N–H and O–H groups in total. The van der Waals surface area contributed by atoms with Gasteiger partial charge in [-0.05, 0) is 67.1 Å². The predicted molar refractivity (Wildman–Crippen MR) is 139 cm³/mol. The van der Waals surface area contributed by atoms with Crippen molar-refractivity contribution in [2.75, 3.05) is 36.0 Å². The molecular formula is C28H29FN6O2. The summed E-state index contributed by atoms with van der Waals surface area (Å²) in [4.78, 5) is 25.6. The van der Waals surface area contributed by atoms with Crippen molar-refractivity contribution in [2.24, 2.45) is 5.92 Å². The summed E-state index contributed by atoms with van der Waals surface area (Å²) in [6, 6.07) is 16.8. The number of carbonyl (C=O) groups excluding carboxylic acids is 1. The number of pyridine rings is 1. The lowest BCUT2D eigenvalue weighted by Crippen LogP contribution is -2.24. The first-order valence-electron chi connectivity index (χ1n) is 12.8. The standard InChI is InChI=1S/C28H29FN6O2/c29-21-5-1-4-20(15-21)24-7-3-12-34(24)28-10-9-26-30-16-25(35(26)32-28)23-6-2-8-27(31-23)33-13-11-19(17-33)14-22(37)18-36/h1-2,4-6,8-10,15-16,19,24,36H,3,7,11-14,17-18H2/t19-,24+/m0/s1. The number of benzene rings is 1. The number of carbonyl (C=O) groups is 1. The predicted octanol–water partition coefficient (Wildman–Crippen LogP) is 4.05. The fraction of sp³-hybridized carbons (Fsp3) is 0.357. The largest absolute Gasteiger partial charge is 0.389 e. The monoisotopic (exact) mass is 500 g/mol. The summed E-state index contributed by atoms with van der Waals surface area (Å²) >= 11 is 0. The number of halogens is 1. The highest BCUT2D eigenvalue weighted by atomic mass is 19.1. The lowest BCUT2D eigenvalue weighted by Gasteiger charge is -2.26. The van der Waals surface area contributed by atoms with E-state index in [1.807, 2.05) is 40.9 Å². The van der Waals surface area contributed by atoms with Crippen molar-refractivity contribution in [3.63, 3.8) is 0 Å². The van der Waals surface area contributed by atoms with E-state index >= 15 is 0 Å². The van der Waals surface area contributed by atoms with Crippen molar-refractivity contribution < 1.29 is 14.3 Å². The number of Topliss-reactive ketones (excluding diaryl/α,β-unsaturated/α-hetero) is 1. The van der Waals surface area contributed by atoms with Crippen LogP contribution in [0, 0.1) is 11.7 Å². The highest BCUT2D eigenvalue weighted by molar-refractivity contribution is 5.79. The first-order valence-corrected chi connectivity index (χ1v) is 12.8. The van der Waals surface area contributed by atoms with Crippen molar-refractivity contribution in [1.82, 2.24) is 19.6 Å². The van der Waals surface area contributed by atoms with Crippen LogP contribution in [0.15, 0.2) is 60.8 Å². The van der Waals surface area contributed by atoms with Crippen LogP contribution >= 0.6 is 0 Å². The Balaban J connectivity index is 1.28. The molecule has 0 bridgehead atoms. The summed E-state index contributed by atoms with van der Waals surface area (Å²) in [6.45, 7) is 2.03. The molecule has 4 aromatic rings. The van der Waals surface area contributed by atoms with Gasteiger partial charge in [-0.25, -0.2) is 18.9 Å². The fourth-order valence-electron chi connectivity index (χ4n) is 5.63. The minimum Gasteiger partial charge on any atom is -0.389 e. The quantitative estimate of drug-likeness (QED) is 0.410. The zero-order chi connectivity index (χ0) is 25.4. The maximum atomic E-state index is 13.9. The van der Waals surface area contributed by atoms with E-state index in [-0.39, 0.29) is 23.6 Å². The minimum absolute atomic E-state index is 0.0786. The maximum absolute atomic E-state index is 13.9. The van der Waals surface area contributed by atoms with Crippen LogP contribution in [0.2, 0.25) is 0 Å². The molecular weight excluding hydrogens is 471 g/mol. The van der Waals surface area contributed by atoms with Crippen molar-refractivity contribution in [1.29, 1.82) is 0 Å².